The molecule has 0 bridgehead atoms. The molecule has 0 saturated heterocycles. The molecule has 2 aromatic heterocycles. The van der Waals surface area contributed by atoms with E-state index in [9.17, 15) is 0 Å². The van der Waals surface area contributed by atoms with E-state index < -0.39 is 0 Å². The van der Waals surface area contributed by atoms with Crippen LogP contribution in [-0.4, -0.2) is 16.2 Å². The summed E-state index contributed by atoms with van der Waals surface area (Å²) in [6.45, 7) is 31.1. The van der Waals surface area contributed by atoms with Crippen molar-refractivity contribution in [2.24, 2.45) is 10.8 Å². The minimum absolute atomic E-state index is 0.00570. The molecule has 0 unspecified atom stereocenters. The van der Waals surface area contributed by atoms with Crippen LogP contribution in [0.3, 0.4) is 0 Å². The van der Waals surface area contributed by atoms with Gasteiger partial charge < -0.3 is 14.5 Å². The second-order valence-electron chi connectivity index (χ2n) is 24.3. The van der Waals surface area contributed by atoms with E-state index in [-0.39, 0.29) is 27.1 Å². The van der Waals surface area contributed by atoms with Crippen LogP contribution in [-0.2, 0) is 16.2 Å². The fraction of sp³-hybridized carbons (Fsp3) is 0.279. The first-order valence-corrected chi connectivity index (χ1v) is 26.0. The SMILES string of the molecule is CC(C)(C)C1=C(C(C)(C)C)N(c2cc(C(C)(C)c3ccccc3)cc(C(C)(C)c3ccccc3)c2)CN1c1cc(Oc2ccc3c4cc(C(C)(C)C)ccc4n(-c4ccccn4)c3c2)cc(-c2ccccc2)c1. The molecule has 0 aliphatic carbocycles. The lowest BCUT2D eigenvalue weighted by Crippen LogP contribution is -2.32. The number of anilines is 2. The molecular weight excluding hydrogens is 889 g/mol. The predicted molar refractivity (Wildman–Crippen MR) is 309 cm³/mol. The normalized spacial score (nSPS) is 13.9. The highest BCUT2D eigenvalue weighted by Gasteiger charge is 2.43. The summed E-state index contributed by atoms with van der Waals surface area (Å²) in [5.74, 6) is 2.40. The number of fused-ring (bicyclic) bond motifs is 3. The topological polar surface area (TPSA) is 33.5 Å². The molecule has 370 valence electrons. The number of hydrogen-bond acceptors (Lipinski definition) is 4. The number of rotatable bonds is 10. The molecule has 0 fully saturated rings. The summed E-state index contributed by atoms with van der Waals surface area (Å²) < 4.78 is 9.41. The molecule has 10 rings (SSSR count). The molecule has 0 atom stereocenters. The van der Waals surface area contributed by atoms with Crippen molar-refractivity contribution >= 4 is 33.2 Å². The Hall–Kier alpha value is -7.37. The Labute approximate surface area is 434 Å². The summed E-state index contributed by atoms with van der Waals surface area (Å²) in [5.41, 5.74) is 14.7. The summed E-state index contributed by atoms with van der Waals surface area (Å²) in [6, 6.07) is 66.3. The molecule has 3 heterocycles. The molecule has 9 aromatic rings. The predicted octanol–water partition coefficient (Wildman–Crippen LogP) is 18.2. The van der Waals surface area contributed by atoms with Crippen molar-refractivity contribution in [3.05, 3.63) is 227 Å². The van der Waals surface area contributed by atoms with Gasteiger partial charge in [0.25, 0.3) is 0 Å². The number of ether oxygens (including phenoxy) is 1. The summed E-state index contributed by atoms with van der Waals surface area (Å²) in [6.07, 6.45) is 1.87. The van der Waals surface area contributed by atoms with Crippen LogP contribution >= 0.6 is 0 Å². The lowest BCUT2D eigenvalue weighted by molar-refractivity contribution is 0.444. The molecule has 0 saturated carbocycles. The molecule has 1 aliphatic rings. The van der Waals surface area contributed by atoms with Gasteiger partial charge in [-0.05, 0) is 105 Å². The minimum atomic E-state index is -0.267. The van der Waals surface area contributed by atoms with Gasteiger partial charge in [0.05, 0.1) is 17.7 Å². The molecular formula is C68H72N4O. The van der Waals surface area contributed by atoms with E-state index in [2.05, 4.69) is 280 Å². The monoisotopic (exact) mass is 961 g/mol. The standard InChI is InChI=1S/C68H72N4O/c1-64(2,3)50-32-35-59-58(42-50)57-34-33-55(44-60(57)72(59)61-31-23-24-36-69-61)73-56-38-47(46-25-17-14-18-26-46)37-53(43-56)70-45-71(63(66(7,8)9)62(70)65(4,5)6)54-40-51(67(10,11)48-27-19-15-20-28-48)39-52(41-54)68(12,13)49-29-21-16-22-30-49/h14-44H,45H2,1-13H3. The Balaban J connectivity index is 1.14. The Morgan fingerprint density at radius 1 is 0.384 bits per heavy atom. The van der Waals surface area contributed by atoms with Crippen molar-refractivity contribution in [2.45, 2.75) is 106 Å². The molecule has 0 N–H and O–H groups in total. The summed E-state index contributed by atoms with van der Waals surface area (Å²) >= 11 is 0. The molecule has 1 aliphatic heterocycles. The average Bonchev–Trinajstić information content (AvgIpc) is 3.95. The fourth-order valence-electron chi connectivity index (χ4n) is 11.0. The van der Waals surface area contributed by atoms with E-state index in [1.807, 2.05) is 12.3 Å². The highest BCUT2D eigenvalue weighted by Crippen LogP contribution is 2.51. The van der Waals surface area contributed by atoms with E-state index in [0.717, 1.165) is 50.6 Å². The van der Waals surface area contributed by atoms with Crippen molar-refractivity contribution < 1.29 is 4.74 Å². The van der Waals surface area contributed by atoms with Gasteiger partial charge in [0.15, 0.2) is 0 Å². The average molecular weight is 961 g/mol. The van der Waals surface area contributed by atoms with Crippen LogP contribution in [0.5, 0.6) is 11.5 Å². The van der Waals surface area contributed by atoms with Crippen molar-refractivity contribution in [3.63, 3.8) is 0 Å². The van der Waals surface area contributed by atoms with Gasteiger partial charge in [-0.25, -0.2) is 4.98 Å². The molecule has 0 radical (unpaired) electrons. The van der Waals surface area contributed by atoms with Crippen molar-refractivity contribution in [2.75, 3.05) is 16.5 Å². The van der Waals surface area contributed by atoms with Gasteiger partial charge in [-0.3, -0.25) is 4.57 Å². The van der Waals surface area contributed by atoms with E-state index >= 15 is 0 Å². The Bertz CT molecular complexity index is 3420. The maximum Gasteiger partial charge on any atom is 0.137 e. The third-order valence-electron chi connectivity index (χ3n) is 15.2. The van der Waals surface area contributed by atoms with Gasteiger partial charge >= 0.3 is 0 Å². The second-order valence-corrected chi connectivity index (χ2v) is 24.3. The molecule has 7 aromatic carbocycles. The van der Waals surface area contributed by atoms with Crippen LogP contribution in [0.15, 0.2) is 200 Å². The number of aromatic nitrogens is 2. The van der Waals surface area contributed by atoms with Crippen LogP contribution in [0.25, 0.3) is 38.8 Å². The highest BCUT2D eigenvalue weighted by molar-refractivity contribution is 6.09. The third kappa shape index (κ3) is 9.35. The zero-order valence-corrected chi connectivity index (χ0v) is 45.3. The summed E-state index contributed by atoms with van der Waals surface area (Å²) in [7, 11) is 0. The molecule has 5 heteroatoms. The first kappa shape index (κ1) is 49.2. The van der Waals surface area contributed by atoms with Crippen LogP contribution < -0.4 is 14.5 Å². The number of nitrogens with zero attached hydrogens (tertiary/aromatic N) is 4. The van der Waals surface area contributed by atoms with Gasteiger partial charge in [0.2, 0.25) is 0 Å². The van der Waals surface area contributed by atoms with E-state index in [0.29, 0.717) is 6.67 Å². The maximum absolute atomic E-state index is 7.14. The number of allylic oxidation sites excluding steroid dienone is 2. The Morgan fingerprint density at radius 2 is 0.932 bits per heavy atom. The smallest absolute Gasteiger partial charge is 0.137 e. The lowest BCUT2D eigenvalue weighted by Gasteiger charge is -2.36. The minimum Gasteiger partial charge on any atom is -0.457 e. The first-order chi connectivity index (χ1) is 34.6. The largest absolute Gasteiger partial charge is 0.457 e. The van der Waals surface area contributed by atoms with Gasteiger partial charge in [0.1, 0.15) is 17.3 Å². The Kier molecular flexibility index (Phi) is 12.3. The summed E-state index contributed by atoms with van der Waals surface area (Å²) in [5, 5.41) is 2.36. The number of hydrogen-bond donors (Lipinski definition) is 0. The van der Waals surface area contributed by atoms with Crippen molar-refractivity contribution in [1.82, 2.24) is 9.55 Å². The zero-order valence-electron chi connectivity index (χ0n) is 45.3. The third-order valence-corrected chi connectivity index (χ3v) is 15.2. The van der Waals surface area contributed by atoms with Crippen LogP contribution in [0.1, 0.15) is 118 Å². The van der Waals surface area contributed by atoms with Crippen molar-refractivity contribution in [3.8, 4) is 28.4 Å². The zero-order chi connectivity index (χ0) is 51.7. The van der Waals surface area contributed by atoms with Gasteiger partial charge in [0, 0.05) is 73.5 Å². The van der Waals surface area contributed by atoms with Crippen LogP contribution in [0.4, 0.5) is 11.4 Å². The first-order valence-electron chi connectivity index (χ1n) is 26.0. The van der Waals surface area contributed by atoms with E-state index in [1.54, 1.807) is 0 Å². The number of benzene rings is 7. The maximum atomic E-state index is 7.14. The van der Waals surface area contributed by atoms with Gasteiger partial charge in [-0.1, -0.05) is 199 Å². The fourth-order valence-corrected chi connectivity index (χ4v) is 11.0. The molecule has 5 nitrogen and oxygen atoms in total. The lowest BCUT2D eigenvalue weighted by atomic mass is 9.73. The van der Waals surface area contributed by atoms with Gasteiger partial charge in [-0.15, -0.1) is 0 Å². The quantitative estimate of drug-likeness (QED) is 0.137. The van der Waals surface area contributed by atoms with Crippen LogP contribution in [0.2, 0.25) is 0 Å². The van der Waals surface area contributed by atoms with Crippen molar-refractivity contribution in [1.29, 1.82) is 0 Å². The second kappa shape index (κ2) is 18.3. The van der Waals surface area contributed by atoms with E-state index in [1.165, 1.54) is 50.3 Å². The molecule has 0 spiro atoms. The summed E-state index contributed by atoms with van der Waals surface area (Å²) in [4.78, 5) is 10.0. The van der Waals surface area contributed by atoms with E-state index in [4.69, 9.17) is 9.72 Å². The number of pyridine rings is 1. The molecule has 0 amide bonds. The highest BCUT2D eigenvalue weighted by atomic mass is 16.5. The van der Waals surface area contributed by atoms with Crippen LogP contribution in [0, 0.1) is 10.8 Å². The molecule has 73 heavy (non-hydrogen) atoms. The van der Waals surface area contributed by atoms with Gasteiger partial charge in [-0.2, -0.15) is 0 Å². The Morgan fingerprint density at radius 3 is 1.47 bits per heavy atom.